The zero-order chi connectivity index (χ0) is 13.8. The molecular weight excluding hydrogens is 238 g/mol. The summed E-state index contributed by atoms with van der Waals surface area (Å²) >= 11 is 0. The summed E-state index contributed by atoms with van der Waals surface area (Å²) in [6, 6.07) is 4.33. The molecule has 1 aliphatic rings. The number of piperidine rings is 1. The third-order valence-corrected chi connectivity index (χ3v) is 3.55. The highest BCUT2D eigenvalue weighted by Gasteiger charge is 2.21. The number of nitrogens with one attached hydrogen (secondary N) is 1. The molecule has 1 aromatic heterocycles. The number of anilines is 1. The van der Waals surface area contributed by atoms with Gasteiger partial charge in [0.1, 0.15) is 5.82 Å². The number of amides is 1. The van der Waals surface area contributed by atoms with E-state index in [1.54, 1.807) is 13.1 Å². The Labute approximate surface area is 114 Å². The van der Waals surface area contributed by atoms with Crippen molar-refractivity contribution in [1.82, 2.24) is 9.88 Å². The Balaban J connectivity index is 2.00. The number of pyridine rings is 1. The highest BCUT2D eigenvalue weighted by Crippen LogP contribution is 2.22. The summed E-state index contributed by atoms with van der Waals surface area (Å²) in [6.07, 6.45) is 3.72. The number of aromatic nitrogens is 1. The molecule has 1 saturated heterocycles. The fourth-order valence-corrected chi connectivity index (χ4v) is 2.40. The second-order valence-electron chi connectivity index (χ2n) is 5.10. The Kier molecular flexibility index (Phi) is 4.20. The van der Waals surface area contributed by atoms with Gasteiger partial charge in [0.25, 0.3) is 0 Å². The number of rotatable bonds is 3. The zero-order valence-electron chi connectivity index (χ0n) is 11.6. The molecule has 19 heavy (non-hydrogen) atoms. The first kappa shape index (κ1) is 13.6. The minimum atomic E-state index is 0.166. The van der Waals surface area contributed by atoms with Crippen LogP contribution in [0, 0.1) is 0 Å². The molecular formula is C15H21N3O. The number of hydrogen-bond acceptors (Lipinski definition) is 3. The summed E-state index contributed by atoms with van der Waals surface area (Å²) in [5.41, 5.74) is 2.08. The van der Waals surface area contributed by atoms with Crippen molar-refractivity contribution >= 4 is 17.3 Å². The number of hydrogen-bond donors (Lipinski definition) is 1. The summed E-state index contributed by atoms with van der Waals surface area (Å²) < 4.78 is 0. The van der Waals surface area contributed by atoms with Crippen molar-refractivity contribution in [2.75, 3.05) is 18.4 Å². The number of nitrogens with zero attached hydrogens (tertiary/aromatic N) is 2. The van der Waals surface area contributed by atoms with Gasteiger partial charge in [-0.3, -0.25) is 4.79 Å². The Morgan fingerprint density at radius 2 is 2.11 bits per heavy atom. The number of carbonyl (C=O) groups is 1. The maximum atomic E-state index is 11.3. The van der Waals surface area contributed by atoms with Crippen LogP contribution in [0.25, 0.3) is 5.57 Å². The molecule has 4 heteroatoms. The van der Waals surface area contributed by atoms with Crippen molar-refractivity contribution in [2.24, 2.45) is 0 Å². The SMILES string of the molecule is C=C(C)c1cccnc1NC1CCN(C(C)=O)CC1. The van der Waals surface area contributed by atoms with Gasteiger partial charge in [-0.25, -0.2) is 4.98 Å². The molecule has 1 aromatic rings. The minimum absolute atomic E-state index is 0.166. The predicted molar refractivity (Wildman–Crippen MR) is 77.8 cm³/mol. The van der Waals surface area contributed by atoms with Gasteiger partial charge in [-0.2, -0.15) is 0 Å². The smallest absolute Gasteiger partial charge is 0.219 e. The fourth-order valence-electron chi connectivity index (χ4n) is 2.40. The average Bonchev–Trinajstić information content (AvgIpc) is 2.39. The lowest BCUT2D eigenvalue weighted by Gasteiger charge is -2.32. The van der Waals surface area contributed by atoms with E-state index in [0.29, 0.717) is 6.04 Å². The Morgan fingerprint density at radius 1 is 1.42 bits per heavy atom. The van der Waals surface area contributed by atoms with Gasteiger partial charge < -0.3 is 10.2 Å². The molecule has 4 nitrogen and oxygen atoms in total. The molecule has 102 valence electrons. The highest BCUT2D eigenvalue weighted by molar-refractivity contribution is 5.73. The van der Waals surface area contributed by atoms with E-state index < -0.39 is 0 Å². The second-order valence-corrected chi connectivity index (χ2v) is 5.10. The van der Waals surface area contributed by atoms with Crippen LogP contribution in [0.3, 0.4) is 0 Å². The second kappa shape index (κ2) is 5.87. The largest absolute Gasteiger partial charge is 0.367 e. The van der Waals surface area contributed by atoms with E-state index in [4.69, 9.17) is 0 Å². The Morgan fingerprint density at radius 3 is 2.68 bits per heavy atom. The summed E-state index contributed by atoms with van der Waals surface area (Å²) in [4.78, 5) is 17.6. The van der Waals surface area contributed by atoms with Gasteiger partial charge in [0.15, 0.2) is 0 Å². The molecule has 0 atom stereocenters. The lowest BCUT2D eigenvalue weighted by atomic mass is 10.0. The van der Waals surface area contributed by atoms with Crippen LogP contribution in [0.2, 0.25) is 0 Å². The van der Waals surface area contributed by atoms with E-state index in [1.807, 2.05) is 24.0 Å². The van der Waals surface area contributed by atoms with Crippen molar-refractivity contribution in [2.45, 2.75) is 32.7 Å². The first-order valence-electron chi connectivity index (χ1n) is 6.71. The molecule has 0 aliphatic carbocycles. The molecule has 0 radical (unpaired) electrons. The van der Waals surface area contributed by atoms with Gasteiger partial charge in [-0.05, 0) is 37.5 Å². The Bertz CT molecular complexity index is 476. The fraction of sp³-hybridized carbons (Fsp3) is 0.467. The van der Waals surface area contributed by atoms with E-state index in [-0.39, 0.29) is 5.91 Å². The number of carbonyl (C=O) groups excluding carboxylic acids is 1. The van der Waals surface area contributed by atoms with Crippen LogP contribution in [0.15, 0.2) is 24.9 Å². The third kappa shape index (κ3) is 3.34. The van der Waals surface area contributed by atoms with Crippen molar-refractivity contribution in [3.8, 4) is 0 Å². The average molecular weight is 259 g/mol. The van der Waals surface area contributed by atoms with Gasteiger partial charge >= 0.3 is 0 Å². The molecule has 1 aliphatic heterocycles. The third-order valence-electron chi connectivity index (χ3n) is 3.55. The van der Waals surface area contributed by atoms with E-state index in [0.717, 1.165) is 42.9 Å². The van der Waals surface area contributed by atoms with Gasteiger partial charge in [0.2, 0.25) is 5.91 Å². The quantitative estimate of drug-likeness (QED) is 0.907. The highest BCUT2D eigenvalue weighted by atomic mass is 16.2. The van der Waals surface area contributed by atoms with Crippen LogP contribution in [0.5, 0.6) is 0 Å². The normalized spacial score (nSPS) is 16.2. The molecule has 0 unspecified atom stereocenters. The van der Waals surface area contributed by atoms with Crippen molar-refractivity contribution < 1.29 is 4.79 Å². The van der Waals surface area contributed by atoms with Crippen LogP contribution in [-0.2, 0) is 4.79 Å². The van der Waals surface area contributed by atoms with Gasteiger partial charge in [-0.1, -0.05) is 6.58 Å². The molecule has 1 amide bonds. The molecule has 2 heterocycles. The van der Waals surface area contributed by atoms with Gasteiger partial charge in [0.05, 0.1) is 0 Å². The maximum absolute atomic E-state index is 11.3. The van der Waals surface area contributed by atoms with E-state index in [1.165, 1.54) is 0 Å². The molecule has 1 N–H and O–H groups in total. The lowest BCUT2D eigenvalue weighted by molar-refractivity contribution is -0.129. The molecule has 0 spiro atoms. The van der Waals surface area contributed by atoms with E-state index >= 15 is 0 Å². The standard InChI is InChI=1S/C15H21N3O/c1-11(2)14-5-4-8-16-15(14)17-13-6-9-18(10-7-13)12(3)19/h4-5,8,13H,1,6-7,9-10H2,2-3H3,(H,16,17). The molecule has 1 fully saturated rings. The molecule has 0 saturated carbocycles. The molecule has 0 bridgehead atoms. The summed E-state index contributed by atoms with van der Waals surface area (Å²) in [6.45, 7) is 9.24. The maximum Gasteiger partial charge on any atom is 0.219 e. The summed E-state index contributed by atoms with van der Waals surface area (Å²) in [5.74, 6) is 1.06. The summed E-state index contributed by atoms with van der Waals surface area (Å²) in [7, 11) is 0. The molecule has 2 rings (SSSR count). The van der Waals surface area contributed by atoms with Crippen LogP contribution in [-0.4, -0.2) is 34.9 Å². The zero-order valence-corrected chi connectivity index (χ0v) is 11.6. The monoisotopic (exact) mass is 259 g/mol. The summed E-state index contributed by atoms with van der Waals surface area (Å²) in [5, 5.41) is 3.48. The van der Waals surface area contributed by atoms with Gasteiger partial charge in [-0.15, -0.1) is 0 Å². The predicted octanol–water partition coefficient (Wildman–Crippen LogP) is 2.54. The van der Waals surface area contributed by atoms with Gasteiger partial charge in [0, 0.05) is 37.8 Å². The number of likely N-dealkylation sites (tertiary alicyclic amines) is 1. The van der Waals surface area contributed by atoms with Crippen LogP contribution in [0.1, 0.15) is 32.3 Å². The topological polar surface area (TPSA) is 45.2 Å². The Hall–Kier alpha value is -1.84. The van der Waals surface area contributed by atoms with Crippen LogP contribution < -0.4 is 5.32 Å². The van der Waals surface area contributed by atoms with E-state index in [9.17, 15) is 4.79 Å². The minimum Gasteiger partial charge on any atom is -0.367 e. The number of allylic oxidation sites excluding steroid dienone is 1. The van der Waals surface area contributed by atoms with Crippen LogP contribution in [0.4, 0.5) is 5.82 Å². The first-order valence-corrected chi connectivity index (χ1v) is 6.71. The lowest BCUT2D eigenvalue weighted by Crippen LogP contribution is -2.41. The van der Waals surface area contributed by atoms with Crippen molar-refractivity contribution in [1.29, 1.82) is 0 Å². The molecule has 0 aromatic carbocycles. The van der Waals surface area contributed by atoms with Crippen LogP contribution >= 0.6 is 0 Å². The van der Waals surface area contributed by atoms with Crippen molar-refractivity contribution in [3.05, 3.63) is 30.5 Å². The van der Waals surface area contributed by atoms with Crippen molar-refractivity contribution in [3.63, 3.8) is 0 Å². The van der Waals surface area contributed by atoms with E-state index in [2.05, 4.69) is 16.9 Å². The first-order chi connectivity index (χ1) is 9.08.